The summed E-state index contributed by atoms with van der Waals surface area (Å²) in [6, 6.07) is 12.9. The lowest BCUT2D eigenvalue weighted by Gasteiger charge is -2.15. The first-order chi connectivity index (χ1) is 10.1. The van der Waals surface area contributed by atoms with Crippen LogP contribution in [0.1, 0.15) is 23.6 Å². The molecule has 112 valence electrons. The number of hydrogen-bond donors (Lipinski definition) is 2. The minimum absolute atomic E-state index is 0.0165. The van der Waals surface area contributed by atoms with Crippen LogP contribution in [-0.2, 0) is 6.61 Å². The molecule has 0 amide bonds. The fraction of sp³-hybridized carbons (Fsp3) is 0.250. The second-order valence-electron chi connectivity index (χ2n) is 4.71. The van der Waals surface area contributed by atoms with Crippen molar-refractivity contribution in [2.45, 2.75) is 19.1 Å². The standard InChI is InChI=1S/C16H17Cl2NO2/c17-13-8-12(15(19)6-7-20)9-14(18)16(13)21-10-11-4-2-1-3-5-11/h1-5,8-9,15,20H,6-7,10,19H2. The molecule has 3 N–H and O–H groups in total. The number of benzene rings is 2. The van der Waals surface area contributed by atoms with E-state index in [1.54, 1.807) is 12.1 Å². The molecule has 0 aliphatic rings. The molecule has 0 aromatic heterocycles. The van der Waals surface area contributed by atoms with Gasteiger partial charge in [0.2, 0.25) is 0 Å². The van der Waals surface area contributed by atoms with Gasteiger partial charge in [-0.05, 0) is 29.7 Å². The second kappa shape index (κ2) is 7.66. The summed E-state index contributed by atoms with van der Waals surface area (Å²) < 4.78 is 5.69. The molecule has 2 aromatic rings. The van der Waals surface area contributed by atoms with E-state index in [4.69, 9.17) is 38.8 Å². The Labute approximate surface area is 134 Å². The highest BCUT2D eigenvalue weighted by Gasteiger charge is 2.13. The van der Waals surface area contributed by atoms with Gasteiger partial charge in [0.05, 0.1) is 10.0 Å². The third-order valence-electron chi connectivity index (χ3n) is 3.11. The topological polar surface area (TPSA) is 55.5 Å². The van der Waals surface area contributed by atoms with Crippen molar-refractivity contribution in [3.8, 4) is 5.75 Å². The first-order valence-corrected chi connectivity index (χ1v) is 7.39. The number of hydrogen-bond acceptors (Lipinski definition) is 3. The van der Waals surface area contributed by atoms with E-state index in [0.29, 0.717) is 28.8 Å². The molecule has 0 aliphatic carbocycles. The zero-order chi connectivity index (χ0) is 15.2. The first kappa shape index (κ1) is 16.1. The van der Waals surface area contributed by atoms with Crippen LogP contribution < -0.4 is 10.5 Å². The summed E-state index contributed by atoms with van der Waals surface area (Å²) >= 11 is 12.4. The second-order valence-corrected chi connectivity index (χ2v) is 5.52. The van der Waals surface area contributed by atoms with Crippen molar-refractivity contribution in [1.82, 2.24) is 0 Å². The Hall–Kier alpha value is -1.26. The summed E-state index contributed by atoms with van der Waals surface area (Å²) in [5.74, 6) is 0.446. The highest BCUT2D eigenvalue weighted by molar-refractivity contribution is 6.37. The molecule has 1 atom stereocenters. The molecule has 0 saturated heterocycles. The molecule has 2 rings (SSSR count). The van der Waals surface area contributed by atoms with Gasteiger partial charge in [-0.2, -0.15) is 0 Å². The predicted molar refractivity (Wildman–Crippen MR) is 85.9 cm³/mol. The average Bonchev–Trinajstić information content (AvgIpc) is 2.47. The lowest BCUT2D eigenvalue weighted by atomic mass is 10.1. The van der Waals surface area contributed by atoms with Gasteiger partial charge in [0.15, 0.2) is 5.75 Å². The Balaban J connectivity index is 2.13. The van der Waals surface area contributed by atoms with Crippen LogP contribution in [0.15, 0.2) is 42.5 Å². The minimum Gasteiger partial charge on any atom is -0.486 e. The van der Waals surface area contributed by atoms with Crippen molar-refractivity contribution >= 4 is 23.2 Å². The maximum atomic E-state index is 8.93. The molecule has 5 heteroatoms. The average molecular weight is 326 g/mol. The Morgan fingerprint density at radius 1 is 1.10 bits per heavy atom. The van der Waals surface area contributed by atoms with Gasteiger partial charge in [-0.1, -0.05) is 53.5 Å². The Bertz CT molecular complexity index is 567. The van der Waals surface area contributed by atoms with Crippen LogP contribution in [0.25, 0.3) is 0 Å². The predicted octanol–water partition coefficient (Wildman–Crippen LogP) is 3.95. The van der Waals surface area contributed by atoms with Crippen molar-refractivity contribution in [2.75, 3.05) is 6.61 Å². The molecule has 0 aliphatic heterocycles. The van der Waals surface area contributed by atoms with E-state index >= 15 is 0 Å². The molecule has 21 heavy (non-hydrogen) atoms. The van der Waals surface area contributed by atoms with Gasteiger partial charge in [0.25, 0.3) is 0 Å². The van der Waals surface area contributed by atoms with E-state index in [-0.39, 0.29) is 12.6 Å². The van der Waals surface area contributed by atoms with E-state index in [1.165, 1.54) is 0 Å². The van der Waals surface area contributed by atoms with Gasteiger partial charge >= 0.3 is 0 Å². The SMILES string of the molecule is NC(CCO)c1cc(Cl)c(OCc2ccccc2)c(Cl)c1. The summed E-state index contributed by atoms with van der Waals surface area (Å²) in [5, 5.41) is 9.77. The Kier molecular flexibility index (Phi) is 5.88. The Morgan fingerprint density at radius 2 is 1.71 bits per heavy atom. The van der Waals surface area contributed by atoms with Crippen LogP contribution in [0.4, 0.5) is 0 Å². The number of halogens is 2. The monoisotopic (exact) mass is 325 g/mol. The molecule has 0 radical (unpaired) electrons. The zero-order valence-corrected chi connectivity index (χ0v) is 12.9. The highest BCUT2D eigenvalue weighted by atomic mass is 35.5. The van der Waals surface area contributed by atoms with Crippen molar-refractivity contribution in [3.63, 3.8) is 0 Å². The summed E-state index contributed by atoms with van der Waals surface area (Å²) in [4.78, 5) is 0. The molecule has 0 saturated carbocycles. The minimum atomic E-state index is -0.298. The molecule has 0 heterocycles. The zero-order valence-electron chi connectivity index (χ0n) is 11.4. The van der Waals surface area contributed by atoms with Gasteiger partial charge in [0.1, 0.15) is 6.61 Å². The van der Waals surface area contributed by atoms with E-state index in [0.717, 1.165) is 11.1 Å². The van der Waals surface area contributed by atoms with Crippen LogP contribution in [-0.4, -0.2) is 11.7 Å². The van der Waals surface area contributed by atoms with Crippen molar-refractivity contribution < 1.29 is 9.84 Å². The van der Waals surface area contributed by atoms with E-state index in [2.05, 4.69) is 0 Å². The van der Waals surface area contributed by atoms with Gasteiger partial charge in [0, 0.05) is 12.6 Å². The van der Waals surface area contributed by atoms with Crippen LogP contribution in [0.5, 0.6) is 5.75 Å². The maximum absolute atomic E-state index is 8.93. The number of rotatable bonds is 6. The van der Waals surface area contributed by atoms with Crippen LogP contribution in [0.3, 0.4) is 0 Å². The van der Waals surface area contributed by atoms with Gasteiger partial charge in [-0.15, -0.1) is 0 Å². The molecule has 3 nitrogen and oxygen atoms in total. The maximum Gasteiger partial charge on any atom is 0.156 e. The van der Waals surface area contributed by atoms with Crippen molar-refractivity contribution in [1.29, 1.82) is 0 Å². The third kappa shape index (κ3) is 4.35. The molecule has 2 aromatic carbocycles. The molecular weight excluding hydrogens is 309 g/mol. The van der Waals surface area contributed by atoms with E-state index in [1.807, 2.05) is 30.3 Å². The van der Waals surface area contributed by atoms with Crippen molar-refractivity contribution in [3.05, 3.63) is 63.6 Å². The summed E-state index contributed by atoms with van der Waals surface area (Å²) in [6.45, 7) is 0.408. The Morgan fingerprint density at radius 3 is 2.29 bits per heavy atom. The third-order valence-corrected chi connectivity index (χ3v) is 3.68. The molecule has 1 unspecified atom stereocenters. The van der Waals surface area contributed by atoms with Crippen molar-refractivity contribution in [2.24, 2.45) is 5.73 Å². The summed E-state index contributed by atoms with van der Waals surface area (Å²) in [5.41, 5.74) is 7.76. The number of aliphatic hydroxyl groups is 1. The highest BCUT2D eigenvalue weighted by Crippen LogP contribution is 2.36. The summed E-state index contributed by atoms with van der Waals surface area (Å²) in [7, 11) is 0. The fourth-order valence-electron chi connectivity index (χ4n) is 1.97. The summed E-state index contributed by atoms with van der Waals surface area (Å²) in [6.07, 6.45) is 0.455. The number of aliphatic hydroxyl groups excluding tert-OH is 1. The quantitative estimate of drug-likeness (QED) is 0.845. The fourth-order valence-corrected chi connectivity index (χ4v) is 2.58. The normalized spacial score (nSPS) is 12.2. The molecule has 0 bridgehead atoms. The largest absolute Gasteiger partial charge is 0.486 e. The number of nitrogens with two attached hydrogens (primary N) is 1. The van der Waals surface area contributed by atoms with Gasteiger partial charge in [-0.25, -0.2) is 0 Å². The lowest BCUT2D eigenvalue weighted by molar-refractivity contribution is 0.276. The van der Waals surface area contributed by atoms with Crippen LogP contribution >= 0.6 is 23.2 Å². The van der Waals surface area contributed by atoms with Crippen LogP contribution in [0, 0.1) is 0 Å². The van der Waals surface area contributed by atoms with E-state index < -0.39 is 0 Å². The molecule has 0 fully saturated rings. The smallest absolute Gasteiger partial charge is 0.156 e. The van der Waals surface area contributed by atoms with E-state index in [9.17, 15) is 0 Å². The lowest BCUT2D eigenvalue weighted by Crippen LogP contribution is -2.12. The number of ether oxygens (including phenoxy) is 1. The van der Waals surface area contributed by atoms with Crippen LogP contribution in [0.2, 0.25) is 10.0 Å². The molecule has 0 spiro atoms. The van der Waals surface area contributed by atoms with Gasteiger partial charge < -0.3 is 15.6 Å². The van der Waals surface area contributed by atoms with Gasteiger partial charge in [-0.3, -0.25) is 0 Å². The molecular formula is C16H17Cl2NO2. The first-order valence-electron chi connectivity index (χ1n) is 6.64.